The minimum atomic E-state index is 0.475. The molecule has 14 heavy (non-hydrogen) atoms. The van der Waals surface area contributed by atoms with Crippen LogP contribution in [0.1, 0.15) is 46.0 Å². The molecular formula is C12H24ClN. The normalized spacial score (nSPS) is 19.1. The van der Waals surface area contributed by atoms with E-state index in [9.17, 15) is 0 Å². The average molecular weight is 218 g/mol. The molecule has 1 nitrogen and oxygen atoms in total. The van der Waals surface area contributed by atoms with E-state index in [1.807, 2.05) is 0 Å². The molecule has 1 aliphatic carbocycles. The summed E-state index contributed by atoms with van der Waals surface area (Å²) >= 11 is 5.64. The van der Waals surface area contributed by atoms with Crippen molar-refractivity contribution in [1.82, 2.24) is 5.32 Å². The third kappa shape index (κ3) is 3.78. The van der Waals surface area contributed by atoms with Gasteiger partial charge in [-0.05, 0) is 37.1 Å². The third-order valence-corrected chi connectivity index (χ3v) is 3.80. The van der Waals surface area contributed by atoms with Crippen LogP contribution in [0.4, 0.5) is 0 Å². The molecule has 1 saturated carbocycles. The van der Waals surface area contributed by atoms with E-state index in [0.29, 0.717) is 5.41 Å². The van der Waals surface area contributed by atoms with Crippen molar-refractivity contribution in [2.45, 2.75) is 46.0 Å². The first-order valence-corrected chi connectivity index (χ1v) is 6.47. The summed E-state index contributed by atoms with van der Waals surface area (Å²) in [6.07, 6.45) is 6.84. The van der Waals surface area contributed by atoms with Crippen LogP contribution in [0, 0.1) is 11.3 Å². The van der Waals surface area contributed by atoms with Crippen molar-refractivity contribution >= 4 is 11.6 Å². The number of hydrogen-bond acceptors (Lipinski definition) is 1. The molecule has 0 heterocycles. The van der Waals surface area contributed by atoms with E-state index in [-0.39, 0.29) is 0 Å². The smallest absolute Gasteiger partial charge is 0.0235 e. The highest BCUT2D eigenvalue weighted by Gasteiger charge is 2.30. The standard InChI is InChI=1S/C12H24ClN/c1-12(2,10-14-9-5-8-13)11-6-3-4-7-11/h11,14H,3-10H2,1-2H3. The van der Waals surface area contributed by atoms with Gasteiger partial charge in [-0.2, -0.15) is 0 Å². The molecule has 84 valence electrons. The first-order valence-electron chi connectivity index (χ1n) is 5.93. The second-order valence-corrected chi connectivity index (χ2v) is 5.57. The number of rotatable bonds is 6. The van der Waals surface area contributed by atoms with Crippen LogP contribution in [-0.4, -0.2) is 19.0 Å². The fourth-order valence-corrected chi connectivity index (χ4v) is 2.59. The van der Waals surface area contributed by atoms with Gasteiger partial charge in [-0.1, -0.05) is 26.7 Å². The summed E-state index contributed by atoms with van der Waals surface area (Å²) in [6.45, 7) is 7.02. The second kappa shape index (κ2) is 5.97. The zero-order valence-corrected chi connectivity index (χ0v) is 10.4. The maximum Gasteiger partial charge on any atom is 0.0235 e. The molecule has 0 spiro atoms. The van der Waals surface area contributed by atoms with Crippen LogP contribution >= 0.6 is 11.6 Å². The van der Waals surface area contributed by atoms with Crippen LogP contribution in [0.5, 0.6) is 0 Å². The fraction of sp³-hybridized carbons (Fsp3) is 1.00. The molecule has 1 N–H and O–H groups in total. The van der Waals surface area contributed by atoms with Gasteiger partial charge in [-0.3, -0.25) is 0 Å². The summed E-state index contributed by atoms with van der Waals surface area (Å²) in [7, 11) is 0. The lowest BCUT2D eigenvalue weighted by Crippen LogP contribution is -2.35. The Hall–Kier alpha value is 0.250. The number of alkyl halides is 1. The number of halogens is 1. The minimum absolute atomic E-state index is 0.475. The lowest BCUT2D eigenvalue weighted by Gasteiger charge is -2.32. The monoisotopic (exact) mass is 217 g/mol. The van der Waals surface area contributed by atoms with Crippen LogP contribution in [-0.2, 0) is 0 Å². The van der Waals surface area contributed by atoms with Gasteiger partial charge in [0, 0.05) is 12.4 Å². The molecule has 0 aromatic carbocycles. The molecule has 0 aromatic rings. The van der Waals surface area contributed by atoms with Crippen molar-refractivity contribution in [2.24, 2.45) is 11.3 Å². The zero-order valence-electron chi connectivity index (χ0n) is 9.61. The highest BCUT2D eigenvalue weighted by molar-refractivity contribution is 6.17. The van der Waals surface area contributed by atoms with Crippen molar-refractivity contribution in [3.63, 3.8) is 0 Å². The summed E-state index contributed by atoms with van der Waals surface area (Å²) in [5.74, 6) is 1.71. The first kappa shape index (κ1) is 12.3. The Bertz CT molecular complexity index is 150. The Labute approximate surface area is 93.6 Å². The molecule has 1 aliphatic rings. The van der Waals surface area contributed by atoms with E-state index in [1.165, 1.54) is 25.7 Å². The van der Waals surface area contributed by atoms with Crippen LogP contribution in [0.15, 0.2) is 0 Å². The Morgan fingerprint density at radius 3 is 2.50 bits per heavy atom. The summed E-state index contributed by atoms with van der Waals surface area (Å²) in [6, 6.07) is 0. The third-order valence-electron chi connectivity index (χ3n) is 3.53. The number of hydrogen-bond donors (Lipinski definition) is 1. The summed E-state index contributed by atoms with van der Waals surface area (Å²) in [4.78, 5) is 0. The van der Waals surface area contributed by atoms with E-state index in [4.69, 9.17) is 11.6 Å². The van der Waals surface area contributed by atoms with Gasteiger partial charge in [0.25, 0.3) is 0 Å². The molecule has 0 bridgehead atoms. The van der Waals surface area contributed by atoms with E-state index in [0.717, 1.165) is 31.3 Å². The van der Waals surface area contributed by atoms with Gasteiger partial charge in [-0.15, -0.1) is 11.6 Å². The molecule has 0 aromatic heterocycles. The van der Waals surface area contributed by atoms with Gasteiger partial charge in [-0.25, -0.2) is 0 Å². The summed E-state index contributed by atoms with van der Waals surface area (Å²) < 4.78 is 0. The Kier molecular flexibility index (Phi) is 5.25. The van der Waals surface area contributed by atoms with Crippen LogP contribution in [0.25, 0.3) is 0 Å². The van der Waals surface area contributed by atoms with Gasteiger partial charge in [0.1, 0.15) is 0 Å². The summed E-state index contributed by atoms with van der Waals surface area (Å²) in [5.41, 5.74) is 0.475. The molecule has 0 amide bonds. The minimum Gasteiger partial charge on any atom is -0.316 e. The maximum atomic E-state index is 5.64. The van der Waals surface area contributed by atoms with Gasteiger partial charge in [0.2, 0.25) is 0 Å². The fourth-order valence-electron chi connectivity index (χ4n) is 2.45. The lowest BCUT2D eigenvalue weighted by atomic mass is 9.78. The van der Waals surface area contributed by atoms with Crippen molar-refractivity contribution in [2.75, 3.05) is 19.0 Å². The molecule has 0 radical (unpaired) electrons. The molecule has 0 unspecified atom stereocenters. The van der Waals surface area contributed by atoms with Crippen LogP contribution in [0.2, 0.25) is 0 Å². The van der Waals surface area contributed by atoms with Gasteiger partial charge < -0.3 is 5.32 Å². The highest BCUT2D eigenvalue weighted by Crippen LogP contribution is 2.38. The molecule has 0 saturated heterocycles. The average Bonchev–Trinajstić information content (AvgIpc) is 2.65. The molecule has 1 rings (SSSR count). The van der Waals surface area contributed by atoms with Crippen LogP contribution < -0.4 is 5.32 Å². The Morgan fingerprint density at radius 2 is 1.93 bits per heavy atom. The summed E-state index contributed by atoms with van der Waals surface area (Å²) in [5, 5.41) is 3.52. The quantitative estimate of drug-likeness (QED) is 0.531. The topological polar surface area (TPSA) is 12.0 Å². The van der Waals surface area contributed by atoms with E-state index >= 15 is 0 Å². The van der Waals surface area contributed by atoms with Gasteiger partial charge in [0.05, 0.1) is 0 Å². The van der Waals surface area contributed by atoms with E-state index in [2.05, 4.69) is 19.2 Å². The molecular weight excluding hydrogens is 194 g/mol. The zero-order chi connectivity index (χ0) is 10.4. The molecule has 1 fully saturated rings. The maximum absolute atomic E-state index is 5.64. The van der Waals surface area contributed by atoms with Crippen molar-refractivity contribution in [3.8, 4) is 0 Å². The lowest BCUT2D eigenvalue weighted by molar-refractivity contribution is 0.209. The molecule has 0 aliphatic heterocycles. The van der Waals surface area contributed by atoms with Crippen molar-refractivity contribution in [1.29, 1.82) is 0 Å². The SMILES string of the molecule is CC(C)(CNCCCCl)C1CCCC1. The highest BCUT2D eigenvalue weighted by atomic mass is 35.5. The Balaban J connectivity index is 2.19. The molecule has 2 heteroatoms. The van der Waals surface area contributed by atoms with E-state index < -0.39 is 0 Å². The predicted molar refractivity (Wildman–Crippen MR) is 63.9 cm³/mol. The van der Waals surface area contributed by atoms with Crippen molar-refractivity contribution < 1.29 is 0 Å². The van der Waals surface area contributed by atoms with Gasteiger partial charge >= 0.3 is 0 Å². The number of nitrogens with one attached hydrogen (secondary N) is 1. The first-order chi connectivity index (χ1) is 6.67. The largest absolute Gasteiger partial charge is 0.316 e. The molecule has 0 atom stereocenters. The van der Waals surface area contributed by atoms with Crippen LogP contribution in [0.3, 0.4) is 0 Å². The van der Waals surface area contributed by atoms with Crippen molar-refractivity contribution in [3.05, 3.63) is 0 Å². The second-order valence-electron chi connectivity index (χ2n) is 5.19. The predicted octanol–water partition coefficient (Wildman–Crippen LogP) is 3.42. The Morgan fingerprint density at radius 1 is 1.29 bits per heavy atom. The van der Waals surface area contributed by atoms with E-state index in [1.54, 1.807) is 0 Å². The van der Waals surface area contributed by atoms with Gasteiger partial charge in [0.15, 0.2) is 0 Å².